The lowest BCUT2D eigenvalue weighted by molar-refractivity contribution is 0.101. The zero-order valence-electron chi connectivity index (χ0n) is 21.5. The molecule has 194 valence electrons. The van der Waals surface area contributed by atoms with E-state index in [0.717, 1.165) is 11.1 Å². The van der Waals surface area contributed by atoms with Crippen molar-refractivity contribution in [1.82, 2.24) is 0 Å². The van der Waals surface area contributed by atoms with Gasteiger partial charge in [0.25, 0.3) is 11.8 Å². The SMILES string of the molecule is COc1ccc(C(=O)Nc2ccc(-c3ccc(NC(=O)c4ccc(OC)cc4OC)cc3)cc2)c(OC)c1. The topological polar surface area (TPSA) is 95.1 Å². The van der Waals surface area contributed by atoms with Gasteiger partial charge in [-0.25, -0.2) is 0 Å². The second kappa shape index (κ2) is 11.8. The molecule has 0 aliphatic heterocycles. The number of amides is 2. The highest BCUT2D eigenvalue weighted by molar-refractivity contribution is 6.07. The maximum Gasteiger partial charge on any atom is 0.259 e. The number of methoxy groups -OCH3 is 4. The molecule has 4 aromatic rings. The molecule has 0 saturated carbocycles. The van der Waals surface area contributed by atoms with Crippen molar-refractivity contribution in [2.45, 2.75) is 0 Å². The minimum Gasteiger partial charge on any atom is -0.497 e. The largest absolute Gasteiger partial charge is 0.497 e. The number of benzene rings is 4. The Kier molecular flexibility index (Phi) is 8.13. The number of hydrogen-bond donors (Lipinski definition) is 2. The van der Waals surface area contributed by atoms with Crippen LogP contribution in [0.25, 0.3) is 11.1 Å². The van der Waals surface area contributed by atoms with Gasteiger partial charge in [-0.1, -0.05) is 24.3 Å². The summed E-state index contributed by atoms with van der Waals surface area (Å²) in [6, 6.07) is 25.0. The maximum atomic E-state index is 12.8. The quantitative estimate of drug-likeness (QED) is 0.290. The van der Waals surface area contributed by atoms with Gasteiger partial charge < -0.3 is 29.6 Å². The Bertz CT molecular complexity index is 1320. The molecule has 2 amide bonds. The van der Waals surface area contributed by atoms with Crippen LogP contribution in [-0.2, 0) is 0 Å². The molecule has 0 saturated heterocycles. The Hall–Kier alpha value is -4.98. The molecule has 4 rings (SSSR count). The van der Waals surface area contributed by atoms with Crippen molar-refractivity contribution in [2.24, 2.45) is 0 Å². The van der Waals surface area contributed by atoms with Crippen molar-refractivity contribution in [2.75, 3.05) is 39.1 Å². The van der Waals surface area contributed by atoms with Gasteiger partial charge in [0.2, 0.25) is 0 Å². The highest BCUT2D eigenvalue weighted by Gasteiger charge is 2.15. The molecule has 0 aliphatic rings. The highest BCUT2D eigenvalue weighted by Crippen LogP contribution is 2.28. The predicted octanol–water partition coefficient (Wildman–Crippen LogP) is 5.89. The Morgan fingerprint density at radius 2 is 0.868 bits per heavy atom. The zero-order valence-corrected chi connectivity index (χ0v) is 21.5. The highest BCUT2D eigenvalue weighted by atomic mass is 16.5. The molecular weight excluding hydrogens is 484 g/mol. The lowest BCUT2D eigenvalue weighted by atomic mass is 10.0. The minimum absolute atomic E-state index is 0.286. The van der Waals surface area contributed by atoms with Crippen molar-refractivity contribution in [3.63, 3.8) is 0 Å². The van der Waals surface area contributed by atoms with Crippen LogP contribution in [0.4, 0.5) is 11.4 Å². The summed E-state index contributed by atoms with van der Waals surface area (Å²) in [6.07, 6.45) is 0. The zero-order chi connectivity index (χ0) is 27.1. The second-order valence-corrected chi connectivity index (χ2v) is 8.20. The monoisotopic (exact) mass is 512 g/mol. The van der Waals surface area contributed by atoms with Crippen LogP contribution in [0.5, 0.6) is 23.0 Å². The number of rotatable bonds is 9. The van der Waals surface area contributed by atoms with Crippen LogP contribution in [0.2, 0.25) is 0 Å². The maximum absolute atomic E-state index is 12.8. The summed E-state index contributed by atoms with van der Waals surface area (Å²) in [7, 11) is 6.12. The molecular formula is C30H28N2O6. The van der Waals surface area contributed by atoms with E-state index in [1.807, 2.05) is 48.5 Å². The third-order valence-corrected chi connectivity index (χ3v) is 5.93. The first-order chi connectivity index (χ1) is 18.4. The summed E-state index contributed by atoms with van der Waals surface area (Å²) in [6.45, 7) is 0. The average molecular weight is 513 g/mol. The number of nitrogens with one attached hydrogen (secondary N) is 2. The third kappa shape index (κ3) is 5.87. The molecule has 8 nitrogen and oxygen atoms in total. The number of carbonyl (C=O) groups is 2. The van der Waals surface area contributed by atoms with Crippen LogP contribution in [-0.4, -0.2) is 40.3 Å². The Balaban J connectivity index is 1.42. The van der Waals surface area contributed by atoms with E-state index in [4.69, 9.17) is 18.9 Å². The van der Waals surface area contributed by atoms with Gasteiger partial charge >= 0.3 is 0 Å². The van der Waals surface area contributed by atoms with Crippen LogP contribution < -0.4 is 29.6 Å². The fraction of sp³-hybridized carbons (Fsp3) is 0.133. The summed E-state index contributed by atoms with van der Waals surface area (Å²) >= 11 is 0. The van der Waals surface area contributed by atoms with Gasteiger partial charge in [-0.05, 0) is 59.7 Å². The Morgan fingerprint density at radius 3 is 1.18 bits per heavy atom. The van der Waals surface area contributed by atoms with Crippen LogP contribution >= 0.6 is 0 Å². The van der Waals surface area contributed by atoms with Crippen molar-refractivity contribution in [3.8, 4) is 34.1 Å². The first-order valence-corrected chi connectivity index (χ1v) is 11.7. The Labute approximate surface area is 221 Å². The third-order valence-electron chi connectivity index (χ3n) is 5.93. The normalized spacial score (nSPS) is 10.3. The van der Waals surface area contributed by atoms with Gasteiger partial charge in [-0.2, -0.15) is 0 Å². The van der Waals surface area contributed by atoms with Crippen molar-refractivity contribution in [3.05, 3.63) is 96.1 Å². The molecule has 0 unspecified atom stereocenters. The fourth-order valence-electron chi connectivity index (χ4n) is 3.86. The standard InChI is InChI=1S/C30H28N2O6/c1-35-23-13-15-25(27(17-23)37-3)29(33)31-21-9-5-19(6-10-21)20-7-11-22(12-8-20)32-30(34)26-16-14-24(36-2)18-28(26)38-4/h5-18H,1-4H3,(H,31,33)(H,32,34). The predicted molar refractivity (Wildman–Crippen MR) is 147 cm³/mol. The summed E-state index contributed by atoms with van der Waals surface area (Å²) < 4.78 is 21.0. The number of carbonyl (C=O) groups excluding carboxylic acids is 2. The molecule has 38 heavy (non-hydrogen) atoms. The number of anilines is 2. The molecule has 0 aromatic heterocycles. The second-order valence-electron chi connectivity index (χ2n) is 8.20. The van der Waals surface area contributed by atoms with Gasteiger partial charge in [0.15, 0.2) is 0 Å². The molecule has 0 spiro atoms. The van der Waals surface area contributed by atoms with E-state index in [2.05, 4.69) is 10.6 Å². The smallest absolute Gasteiger partial charge is 0.259 e. The van der Waals surface area contributed by atoms with Gasteiger partial charge in [0, 0.05) is 23.5 Å². The summed E-state index contributed by atoms with van der Waals surface area (Å²) in [5.41, 5.74) is 4.02. The molecule has 8 heteroatoms. The molecule has 0 fully saturated rings. The van der Waals surface area contributed by atoms with E-state index >= 15 is 0 Å². The first-order valence-electron chi connectivity index (χ1n) is 11.7. The van der Waals surface area contributed by atoms with E-state index in [9.17, 15) is 9.59 Å². The van der Waals surface area contributed by atoms with Gasteiger partial charge in [-0.15, -0.1) is 0 Å². The number of hydrogen-bond acceptors (Lipinski definition) is 6. The molecule has 0 bridgehead atoms. The van der Waals surface area contributed by atoms with Crippen LogP contribution in [0.3, 0.4) is 0 Å². The fourth-order valence-corrected chi connectivity index (χ4v) is 3.86. The van der Waals surface area contributed by atoms with Crippen LogP contribution in [0, 0.1) is 0 Å². The van der Waals surface area contributed by atoms with Crippen molar-refractivity contribution in [1.29, 1.82) is 0 Å². The van der Waals surface area contributed by atoms with Gasteiger partial charge in [0.1, 0.15) is 23.0 Å². The van der Waals surface area contributed by atoms with Gasteiger partial charge in [0.05, 0.1) is 39.6 Å². The minimum atomic E-state index is -0.286. The average Bonchev–Trinajstić information content (AvgIpc) is 2.97. The lowest BCUT2D eigenvalue weighted by Crippen LogP contribution is -2.13. The van der Waals surface area contributed by atoms with E-state index < -0.39 is 0 Å². The molecule has 0 radical (unpaired) electrons. The molecule has 2 N–H and O–H groups in total. The van der Waals surface area contributed by atoms with Crippen LogP contribution in [0.1, 0.15) is 20.7 Å². The molecule has 0 heterocycles. The summed E-state index contributed by atoms with van der Waals surface area (Å²) in [5, 5.41) is 5.77. The van der Waals surface area contributed by atoms with Gasteiger partial charge in [-0.3, -0.25) is 9.59 Å². The van der Waals surface area contributed by atoms with Crippen molar-refractivity contribution >= 4 is 23.2 Å². The molecule has 4 aromatic carbocycles. The molecule has 0 aliphatic carbocycles. The van der Waals surface area contributed by atoms with E-state index in [-0.39, 0.29) is 11.8 Å². The Morgan fingerprint density at radius 1 is 0.500 bits per heavy atom. The lowest BCUT2D eigenvalue weighted by Gasteiger charge is -2.12. The summed E-state index contributed by atoms with van der Waals surface area (Å²) in [5.74, 6) is 1.49. The van der Waals surface area contributed by atoms with Crippen LogP contribution in [0.15, 0.2) is 84.9 Å². The van der Waals surface area contributed by atoms with E-state index in [1.54, 1.807) is 50.6 Å². The first kappa shape index (κ1) is 26.1. The summed E-state index contributed by atoms with van der Waals surface area (Å²) in [4.78, 5) is 25.5. The number of ether oxygens (including phenoxy) is 4. The van der Waals surface area contributed by atoms with Crippen molar-refractivity contribution < 1.29 is 28.5 Å². The van der Waals surface area contributed by atoms with E-state index in [1.165, 1.54) is 14.2 Å². The molecule has 0 atom stereocenters. The van der Waals surface area contributed by atoms with E-state index in [0.29, 0.717) is 45.5 Å².